The molecule has 0 aliphatic rings. The summed E-state index contributed by atoms with van der Waals surface area (Å²) in [6.45, 7) is 9.35. The molecule has 2 heteroatoms. The average Bonchev–Trinajstić information content (AvgIpc) is 2.34. The molecule has 0 aliphatic heterocycles. The Morgan fingerprint density at radius 1 is 0.778 bits per heavy atom. The highest BCUT2D eigenvalue weighted by atomic mass is 15.6. The molecule has 18 heavy (non-hydrogen) atoms. The first-order valence-corrected chi connectivity index (χ1v) is 8.03. The summed E-state index contributed by atoms with van der Waals surface area (Å²) in [4.78, 5) is 0. The maximum atomic E-state index is 2.41. The van der Waals surface area contributed by atoms with Crippen molar-refractivity contribution in [1.29, 1.82) is 0 Å². The Balaban J connectivity index is 3.61. The SMILES string of the molecule is CCCCCCN(C)N(C)CC(C)CCCCC. The molecule has 1 atom stereocenters. The zero-order valence-electron chi connectivity index (χ0n) is 13.5. The van der Waals surface area contributed by atoms with Crippen LogP contribution in [0.3, 0.4) is 0 Å². The van der Waals surface area contributed by atoms with Gasteiger partial charge in [0, 0.05) is 27.2 Å². The van der Waals surface area contributed by atoms with Gasteiger partial charge >= 0.3 is 0 Å². The predicted molar refractivity (Wildman–Crippen MR) is 82.7 cm³/mol. The third kappa shape index (κ3) is 9.90. The number of hydrogen-bond donors (Lipinski definition) is 0. The van der Waals surface area contributed by atoms with Crippen molar-refractivity contribution >= 4 is 0 Å². The molecule has 0 rings (SSSR count). The number of unbranched alkanes of at least 4 members (excludes halogenated alkanes) is 5. The van der Waals surface area contributed by atoms with E-state index >= 15 is 0 Å². The molecule has 0 amide bonds. The quantitative estimate of drug-likeness (QED) is 0.373. The van der Waals surface area contributed by atoms with Crippen LogP contribution in [0.25, 0.3) is 0 Å². The second-order valence-corrected chi connectivity index (χ2v) is 5.88. The Kier molecular flexibility index (Phi) is 11.9. The Morgan fingerprint density at radius 3 is 2.00 bits per heavy atom. The number of nitrogens with zero attached hydrogens (tertiary/aromatic N) is 2. The minimum atomic E-state index is 0.819. The van der Waals surface area contributed by atoms with Crippen LogP contribution in [0.5, 0.6) is 0 Å². The summed E-state index contributed by atoms with van der Waals surface area (Å²) >= 11 is 0. The first kappa shape index (κ1) is 17.9. The van der Waals surface area contributed by atoms with Crippen molar-refractivity contribution in [3.05, 3.63) is 0 Å². The second kappa shape index (κ2) is 12.0. The van der Waals surface area contributed by atoms with E-state index in [4.69, 9.17) is 0 Å². The van der Waals surface area contributed by atoms with Gasteiger partial charge in [0.25, 0.3) is 0 Å². The van der Waals surface area contributed by atoms with Crippen LogP contribution in [0.2, 0.25) is 0 Å². The molecule has 0 saturated heterocycles. The topological polar surface area (TPSA) is 6.48 Å². The van der Waals surface area contributed by atoms with Gasteiger partial charge < -0.3 is 0 Å². The van der Waals surface area contributed by atoms with Gasteiger partial charge in [-0.05, 0) is 18.8 Å². The fourth-order valence-corrected chi connectivity index (χ4v) is 2.36. The smallest absolute Gasteiger partial charge is 0.0155 e. The molecule has 0 aromatic heterocycles. The number of hydrazine groups is 1. The Labute approximate surface area is 116 Å². The number of rotatable bonds is 12. The van der Waals surface area contributed by atoms with Crippen molar-refractivity contribution in [3.63, 3.8) is 0 Å². The van der Waals surface area contributed by atoms with Crippen LogP contribution in [0.15, 0.2) is 0 Å². The largest absolute Gasteiger partial charge is 0.245 e. The van der Waals surface area contributed by atoms with E-state index in [2.05, 4.69) is 44.9 Å². The third-order valence-corrected chi connectivity index (χ3v) is 3.79. The van der Waals surface area contributed by atoms with Crippen molar-refractivity contribution in [2.75, 3.05) is 27.2 Å². The monoisotopic (exact) mass is 256 g/mol. The summed E-state index contributed by atoms with van der Waals surface area (Å²) in [7, 11) is 4.46. The summed E-state index contributed by atoms with van der Waals surface area (Å²) in [6, 6.07) is 0. The highest BCUT2D eigenvalue weighted by molar-refractivity contribution is 4.58. The Morgan fingerprint density at radius 2 is 1.39 bits per heavy atom. The lowest BCUT2D eigenvalue weighted by Crippen LogP contribution is -2.39. The molecule has 0 bridgehead atoms. The molecule has 0 aromatic rings. The molecule has 2 nitrogen and oxygen atoms in total. The standard InChI is InChI=1S/C16H36N2/c1-6-8-10-12-14-17(4)18(5)15-16(3)13-11-9-7-2/h16H,6-15H2,1-5H3. The molecule has 0 saturated carbocycles. The van der Waals surface area contributed by atoms with Crippen molar-refractivity contribution in [3.8, 4) is 0 Å². The van der Waals surface area contributed by atoms with E-state index in [-0.39, 0.29) is 0 Å². The molecule has 0 aliphatic carbocycles. The van der Waals surface area contributed by atoms with E-state index in [0.717, 1.165) is 5.92 Å². The molecular weight excluding hydrogens is 220 g/mol. The van der Waals surface area contributed by atoms with Crippen LogP contribution in [0.4, 0.5) is 0 Å². The van der Waals surface area contributed by atoms with Crippen molar-refractivity contribution < 1.29 is 0 Å². The van der Waals surface area contributed by atoms with Gasteiger partial charge in [0.2, 0.25) is 0 Å². The minimum absolute atomic E-state index is 0.819. The molecule has 110 valence electrons. The van der Waals surface area contributed by atoms with Crippen molar-refractivity contribution in [2.45, 2.75) is 72.1 Å². The Bertz CT molecular complexity index is 170. The predicted octanol–water partition coefficient (Wildman–Crippen LogP) is 4.56. The van der Waals surface area contributed by atoms with Gasteiger partial charge in [-0.15, -0.1) is 0 Å². The van der Waals surface area contributed by atoms with E-state index in [0.29, 0.717) is 0 Å². The summed E-state index contributed by atoms with van der Waals surface area (Å²) in [6.07, 6.45) is 10.9. The molecule has 0 aromatic carbocycles. The molecule has 0 fully saturated rings. The lowest BCUT2D eigenvalue weighted by Gasteiger charge is -2.30. The fraction of sp³-hybridized carbons (Fsp3) is 1.00. The van der Waals surface area contributed by atoms with E-state index in [9.17, 15) is 0 Å². The van der Waals surface area contributed by atoms with Crippen LogP contribution >= 0.6 is 0 Å². The van der Waals surface area contributed by atoms with Crippen LogP contribution in [0, 0.1) is 5.92 Å². The summed E-state index contributed by atoms with van der Waals surface area (Å²) in [5.41, 5.74) is 0. The van der Waals surface area contributed by atoms with Gasteiger partial charge in [-0.1, -0.05) is 59.3 Å². The maximum Gasteiger partial charge on any atom is 0.0155 e. The summed E-state index contributed by atoms with van der Waals surface area (Å²) < 4.78 is 0. The van der Waals surface area contributed by atoms with Gasteiger partial charge in [-0.3, -0.25) is 0 Å². The van der Waals surface area contributed by atoms with Crippen LogP contribution in [-0.2, 0) is 0 Å². The molecular formula is C16H36N2. The lowest BCUT2D eigenvalue weighted by molar-refractivity contribution is 0.0120. The Hall–Kier alpha value is -0.0800. The first-order chi connectivity index (χ1) is 8.61. The highest BCUT2D eigenvalue weighted by Gasteiger charge is 2.10. The molecule has 1 unspecified atom stereocenters. The van der Waals surface area contributed by atoms with Gasteiger partial charge in [0.15, 0.2) is 0 Å². The highest BCUT2D eigenvalue weighted by Crippen LogP contribution is 2.11. The fourth-order valence-electron chi connectivity index (χ4n) is 2.36. The number of hydrogen-bond acceptors (Lipinski definition) is 2. The van der Waals surface area contributed by atoms with E-state index < -0.39 is 0 Å². The van der Waals surface area contributed by atoms with E-state index in [1.165, 1.54) is 64.5 Å². The maximum absolute atomic E-state index is 2.41. The van der Waals surface area contributed by atoms with Gasteiger partial charge in [0.05, 0.1) is 0 Å². The van der Waals surface area contributed by atoms with Gasteiger partial charge in [-0.25, -0.2) is 10.0 Å². The lowest BCUT2D eigenvalue weighted by atomic mass is 10.0. The summed E-state index contributed by atoms with van der Waals surface area (Å²) in [5.74, 6) is 0.819. The molecule has 0 radical (unpaired) electrons. The molecule has 0 N–H and O–H groups in total. The van der Waals surface area contributed by atoms with Crippen LogP contribution in [0.1, 0.15) is 72.1 Å². The zero-order valence-corrected chi connectivity index (χ0v) is 13.5. The van der Waals surface area contributed by atoms with Crippen molar-refractivity contribution in [1.82, 2.24) is 10.0 Å². The minimum Gasteiger partial charge on any atom is -0.245 e. The second-order valence-electron chi connectivity index (χ2n) is 5.88. The van der Waals surface area contributed by atoms with Crippen LogP contribution in [-0.4, -0.2) is 37.2 Å². The third-order valence-electron chi connectivity index (χ3n) is 3.79. The molecule has 0 spiro atoms. The van der Waals surface area contributed by atoms with Gasteiger partial charge in [-0.2, -0.15) is 0 Å². The van der Waals surface area contributed by atoms with Gasteiger partial charge in [0.1, 0.15) is 0 Å². The average molecular weight is 256 g/mol. The van der Waals surface area contributed by atoms with Crippen LogP contribution < -0.4 is 0 Å². The normalized spacial score (nSPS) is 13.5. The first-order valence-electron chi connectivity index (χ1n) is 8.03. The van der Waals surface area contributed by atoms with Crippen molar-refractivity contribution in [2.24, 2.45) is 5.92 Å². The van der Waals surface area contributed by atoms with E-state index in [1.807, 2.05) is 0 Å². The van der Waals surface area contributed by atoms with E-state index in [1.54, 1.807) is 0 Å². The summed E-state index contributed by atoms with van der Waals surface area (Å²) in [5, 5.41) is 4.80. The molecule has 0 heterocycles. The zero-order chi connectivity index (χ0) is 13.8.